The van der Waals surface area contributed by atoms with E-state index in [4.69, 9.17) is 0 Å². The van der Waals surface area contributed by atoms with E-state index in [1.54, 1.807) is 0 Å². The molecular weight excluding hydrogens is 320 g/mol. The summed E-state index contributed by atoms with van der Waals surface area (Å²) < 4.78 is 1.01. The summed E-state index contributed by atoms with van der Waals surface area (Å²) in [4.78, 5) is 14.2. The number of carbonyl (C=O) groups is 1. The van der Waals surface area contributed by atoms with Crippen molar-refractivity contribution in [3.63, 3.8) is 0 Å². The van der Waals surface area contributed by atoms with E-state index in [9.17, 15) is 4.79 Å². The summed E-state index contributed by atoms with van der Waals surface area (Å²) >= 11 is 3.54. The second-order valence-corrected chi connectivity index (χ2v) is 6.01. The molecule has 5 nitrogen and oxygen atoms in total. The third-order valence-electron chi connectivity index (χ3n) is 3.83. The second kappa shape index (κ2) is 5.44. The molecule has 2 aromatic rings. The van der Waals surface area contributed by atoms with Crippen LogP contribution < -0.4 is 10.2 Å². The van der Waals surface area contributed by atoms with E-state index in [0.717, 1.165) is 40.6 Å². The maximum absolute atomic E-state index is 11.9. The number of hydrogen-bond donors (Lipinski definition) is 2. The van der Waals surface area contributed by atoms with E-state index in [1.807, 2.05) is 12.3 Å². The topological polar surface area (TPSA) is 61.0 Å². The summed E-state index contributed by atoms with van der Waals surface area (Å²) in [6.45, 7) is 4.31. The van der Waals surface area contributed by atoms with Crippen molar-refractivity contribution in [2.24, 2.45) is 5.92 Å². The van der Waals surface area contributed by atoms with Gasteiger partial charge in [0, 0.05) is 35.2 Å². The zero-order valence-corrected chi connectivity index (χ0v) is 12.9. The Labute approximate surface area is 125 Å². The van der Waals surface area contributed by atoms with Crippen molar-refractivity contribution >= 4 is 38.4 Å². The molecule has 1 atom stereocenters. The van der Waals surface area contributed by atoms with Crippen LogP contribution in [0.5, 0.6) is 0 Å². The Morgan fingerprint density at radius 3 is 3.15 bits per heavy atom. The zero-order chi connectivity index (χ0) is 14.1. The average molecular weight is 337 g/mol. The fourth-order valence-electron chi connectivity index (χ4n) is 2.69. The lowest BCUT2D eigenvalue weighted by Crippen LogP contribution is -2.31. The van der Waals surface area contributed by atoms with E-state index in [0.29, 0.717) is 6.54 Å². The number of halogens is 1. The van der Waals surface area contributed by atoms with Gasteiger partial charge in [-0.3, -0.25) is 9.89 Å². The van der Waals surface area contributed by atoms with Gasteiger partial charge in [-0.15, -0.1) is 0 Å². The molecule has 1 aromatic heterocycles. The number of H-pyrrole nitrogens is 1. The SMILES string of the molecule is CC[C@@H]1CN(c2cc(Br)cc3[nH]ncc23)CCNC1=O. The van der Waals surface area contributed by atoms with Crippen LogP contribution >= 0.6 is 15.9 Å². The van der Waals surface area contributed by atoms with Gasteiger partial charge in [-0.1, -0.05) is 22.9 Å². The number of nitrogens with one attached hydrogen (secondary N) is 2. The van der Waals surface area contributed by atoms with Gasteiger partial charge >= 0.3 is 0 Å². The summed E-state index contributed by atoms with van der Waals surface area (Å²) in [5.74, 6) is 0.201. The van der Waals surface area contributed by atoms with E-state index >= 15 is 0 Å². The number of nitrogens with zero attached hydrogens (tertiary/aromatic N) is 2. The molecule has 2 heterocycles. The van der Waals surface area contributed by atoms with E-state index < -0.39 is 0 Å². The van der Waals surface area contributed by atoms with Crippen molar-refractivity contribution in [3.05, 3.63) is 22.8 Å². The molecule has 1 aromatic carbocycles. The van der Waals surface area contributed by atoms with Crippen LogP contribution in [0.15, 0.2) is 22.8 Å². The normalized spacial score (nSPS) is 20.0. The fraction of sp³-hybridized carbons (Fsp3) is 0.429. The molecule has 0 saturated carbocycles. The van der Waals surface area contributed by atoms with Crippen LogP contribution in [0.1, 0.15) is 13.3 Å². The number of aromatic amines is 1. The third-order valence-corrected chi connectivity index (χ3v) is 4.29. The Hall–Kier alpha value is -1.56. The Bertz CT molecular complexity index is 639. The van der Waals surface area contributed by atoms with Gasteiger partial charge in [-0.2, -0.15) is 5.10 Å². The van der Waals surface area contributed by atoms with Crippen LogP contribution in [-0.2, 0) is 4.79 Å². The van der Waals surface area contributed by atoms with Crippen molar-refractivity contribution in [3.8, 4) is 0 Å². The Kier molecular flexibility index (Phi) is 3.65. The molecule has 1 fully saturated rings. The Morgan fingerprint density at radius 2 is 2.35 bits per heavy atom. The highest BCUT2D eigenvalue weighted by Crippen LogP contribution is 2.31. The van der Waals surface area contributed by atoms with Crippen LogP contribution in [-0.4, -0.2) is 35.7 Å². The second-order valence-electron chi connectivity index (χ2n) is 5.10. The summed E-state index contributed by atoms with van der Waals surface area (Å²) in [6, 6.07) is 4.12. The van der Waals surface area contributed by atoms with Crippen LogP contribution in [0, 0.1) is 5.92 Å². The van der Waals surface area contributed by atoms with Crippen molar-refractivity contribution < 1.29 is 4.79 Å². The van der Waals surface area contributed by atoms with Crippen molar-refractivity contribution in [1.29, 1.82) is 0 Å². The Morgan fingerprint density at radius 1 is 1.50 bits per heavy atom. The lowest BCUT2D eigenvalue weighted by molar-refractivity contribution is -0.124. The monoisotopic (exact) mass is 336 g/mol. The smallest absolute Gasteiger partial charge is 0.224 e. The summed E-state index contributed by atoms with van der Waals surface area (Å²) in [7, 11) is 0. The molecule has 2 N–H and O–H groups in total. The van der Waals surface area contributed by atoms with Gasteiger partial charge in [0.2, 0.25) is 5.91 Å². The minimum absolute atomic E-state index is 0.0402. The van der Waals surface area contributed by atoms with Crippen molar-refractivity contribution in [1.82, 2.24) is 15.5 Å². The van der Waals surface area contributed by atoms with E-state index in [1.165, 1.54) is 0 Å². The standard InChI is InChI=1S/C14H17BrN4O/c1-2-9-8-19(4-3-16-14(9)20)13-6-10(15)5-12-11(13)7-17-18-12/h5-7,9H,2-4,8H2,1H3,(H,16,20)(H,17,18)/t9-/m1/s1. The van der Waals surface area contributed by atoms with Gasteiger partial charge in [-0.05, 0) is 18.6 Å². The van der Waals surface area contributed by atoms with Crippen LogP contribution in [0.4, 0.5) is 5.69 Å². The summed E-state index contributed by atoms with van der Waals surface area (Å²) in [6.07, 6.45) is 2.70. The first kappa shape index (κ1) is 13.4. The first-order valence-electron chi connectivity index (χ1n) is 6.84. The zero-order valence-electron chi connectivity index (χ0n) is 11.3. The average Bonchev–Trinajstić information content (AvgIpc) is 2.81. The van der Waals surface area contributed by atoms with Gasteiger partial charge < -0.3 is 10.2 Å². The lowest BCUT2D eigenvalue weighted by atomic mass is 10.1. The maximum Gasteiger partial charge on any atom is 0.224 e. The predicted octanol–water partition coefficient (Wildman–Crippen LogP) is 2.29. The minimum atomic E-state index is 0.0402. The van der Waals surface area contributed by atoms with Crippen molar-refractivity contribution in [2.45, 2.75) is 13.3 Å². The molecule has 1 amide bonds. The number of aromatic nitrogens is 2. The molecule has 0 aliphatic carbocycles. The van der Waals surface area contributed by atoms with Crippen LogP contribution in [0.2, 0.25) is 0 Å². The first-order valence-corrected chi connectivity index (χ1v) is 7.63. The highest BCUT2D eigenvalue weighted by molar-refractivity contribution is 9.10. The highest BCUT2D eigenvalue weighted by atomic mass is 79.9. The quantitative estimate of drug-likeness (QED) is 0.884. The molecule has 3 rings (SSSR count). The van der Waals surface area contributed by atoms with Gasteiger partial charge in [0.25, 0.3) is 0 Å². The van der Waals surface area contributed by atoms with E-state index in [-0.39, 0.29) is 11.8 Å². The molecule has 1 aliphatic heterocycles. The van der Waals surface area contributed by atoms with Gasteiger partial charge in [0.15, 0.2) is 0 Å². The number of benzene rings is 1. The highest BCUT2D eigenvalue weighted by Gasteiger charge is 2.24. The molecule has 1 saturated heterocycles. The molecular formula is C14H17BrN4O. The van der Waals surface area contributed by atoms with Gasteiger partial charge in [0.05, 0.1) is 17.6 Å². The predicted molar refractivity (Wildman–Crippen MR) is 82.8 cm³/mol. The number of anilines is 1. The third kappa shape index (κ3) is 2.40. The van der Waals surface area contributed by atoms with Gasteiger partial charge in [0.1, 0.15) is 0 Å². The molecule has 0 radical (unpaired) electrons. The lowest BCUT2D eigenvalue weighted by Gasteiger charge is -2.25. The number of rotatable bonds is 2. The molecule has 106 valence electrons. The number of hydrogen-bond acceptors (Lipinski definition) is 3. The summed E-state index contributed by atoms with van der Waals surface area (Å²) in [5.41, 5.74) is 2.13. The Balaban J connectivity index is 2.01. The maximum atomic E-state index is 11.9. The molecule has 0 bridgehead atoms. The largest absolute Gasteiger partial charge is 0.368 e. The molecule has 0 unspecified atom stereocenters. The van der Waals surface area contributed by atoms with Crippen LogP contribution in [0.3, 0.4) is 0 Å². The number of fused-ring (bicyclic) bond motifs is 1. The van der Waals surface area contributed by atoms with E-state index in [2.05, 4.69) is 49.3 Å². The number of amides is 1. The first-order chi connectivity index (χ1) is 9.69. The molecule has 0 spiro atoms. The number of carbonyl (C=O) groups excluding carboxylic acids is 1. The minimum Gasteiger partial charge on any atom is -0.368 e. The molecule has 6 heteroatoms. The fourth-order valence-corrected chi connectivity index (χ4v) is 3.14. The molecule has 20 heavy (non-hydrogen) atoms. The van der Waals surface area contributed by atoms with Crippen molar-refractivity contribution in [2.75, 3.05) is 24.5 Å². The van der Waals surface area contributed by atoms with Gasteiger partial charge in [-0.25, -0.2) is 0 Å². The summed E-state index contributed by atoms with van der Waals surface area (Å²) in [5, 5.41) is 11.2. The van der Waals surface area contributed by atoms with Crippen LogP contribution in [0.25, 0.3) is 10.9 Å². The molecule has 1 aliphatic rings.